The lowest BCUT2D eigenvalue weighted by Crippen LogP contribution is -2.12. The minimum atomic E-state index is -0.535. The van der Waals surface area contributed by atoms with Crippen LogP contribution in [0, 0.1) is 0 Å². The molecule has 16 heavy (non-hydrogen) atoms. The van der Waals surface area contributed by atoms with Gasteiger partial charge in [0.2, 0.25) is 6.08 Å². The van der Waals surface area contributed by atoms with Crippen molar-refractivity contribution in [2.45, 2.75) is 18.4 Å². The molecule has 2 rings (SSSR count). The van der Waals surface area contributed by atoms with Crippen LogP contribution in [-0.4, -0.2) is 19.2 Å². The van der Waals surface area contributed by atoms with Gasteiger partial charge in [0.1, 0.15) is 0 Å². The lowest BCUT2D eigenvalue weighted by molar-refractivity contribution is 0.0598. The maximum atomic E-state index is 11.6. The Morgan fingerprint density at radius 1 is 1.44 bits per heavy atom. The number of hydrogen-bond acceptors (Lipinski definition) is 4. The summed E-state index contributed by atoms with van der Waals surface area (Å²) in [5, 5.41) is 0. The molecule has 0 heterocycles. The van der Waals surface area contributed by atoms with Gasteiger partial charge in [-0.25, -0.2) is 9.59 Å². The Hall–Kier alpha value is -1.93. The Labute approximate surface area is 92.9 Å². The molecule has 0 aromatic heterocycles. The van der Waals surface area contributed by atoms with Gasteiger partial charge < -0.3 is 4.74 Å². The normalized spacial score (nSPS) is 16.1. The van der Waals surface area contributed by atoms with E-state index in [9.17, 15) is 9.59 Å². The number of ether oxygens (including phenoxy) is 1. The van der Waals surface area contributed by atoms with Gasteiger partial charge in [-0.3, -0.25) is 0 Å². The van der Waals surface area contributed by atoms with Gasteiger partial charge in [0, 0.05) is 0 Å². The number of carbonyl (C=O) groups is 1. The first-order chi connectivity index (χ1) is 7.73. The Morgan fingerprint density at radius 2 is 2.12 bits per heavy atom. The molecule has 4 nitrogen and oxygen atoms in total. The topological polar surface area (TPSA) is 55.7 Å². The minimum absolute atomic E-state index is 0.400. The molecule has 82 valence electrons. The maximum absolute atomic E-state index is 11.6. The van der Waals surface area contributed by atoms with Crippen molar-refractivity contribution >= 4 is 12.0 Å². The van der Waals surface area contributed by atoms with E-state index in [1.165, 1.54) is 7.11 Å². The molecule has 0 N–H and O–H groups in total. The molecule has 1 fully saturated rings. The molecule has 0 saturated heterocycles. The van der Waals surface area contributed by atoms with Gasteiger partial charge in [0.25, 0.3) is 0 Å². The Morgan fingerprint density at radius 3 is 2.69 bits per heavy atom. The van der Waals surface area contributed by atoms with Crippen LogP contribution in [0.5, 0.6) is 0 Å². The van der Waals surface area contributed by atoms with E-state index in [1.54, 1.807) is 24.3 Å². The number of nitrogens with zero attached hydrogens (tertiary/aromatic N) is 1. The minimum Gasteiger partial charge on any atom is -0.465 e. The van der Waals surface area contributed by atoms with Crippen LogP contribution in [0.3, 0.4) is 0 Å². The zero-order chi connectivity index (χ0) is 11.6. The fourth-order valence-corrected chi connectivity index (χ4v) is 1.82. The van der Waals surface area contributed by atoms with Gasteiger partial charge in [-0.05, 0) is 24.5 Å². The second-order valence-corrected chi connectivity index (χ2v) is 3.77. The van der Waals surface area contributed by atoms with Crippen molar-refractivity contribution in [3.05, 3.63) is 35.4 Å². The summed E-state index contributed by atoms with van der Waals surface area (Å²) in [5.41, 5.74) is 0.693. The van der Waals surface area contributed by atoms with Crippen molar-refractivity contribution in [1.29, 1.82) is 0 Å². The first-order valence-electron chi connectivity index (χ1n) is 5.00. The Bertz CT molecular complexity index is 471. The van der Waals surface area contributed by atoms with Crippen LogP contribution in [0.25, 0.3) is 0 Å². The summed E-state index contributed by atoms with van der Waals surface area (Å²) in [7, 11) is 1.33. The fraction of sp³-hybridized carbons (Fsp3) is 0.333. The average molecular weight is 217 g/mol. The predicted molar refractivity (Wildman–Crippen MR) is 56.8 cm³/mol. The average Bonchev–Trinajstić information content (AvgIpc) is 3.09. The highest BCUT2D eigenvalue weighted by atomic mass is 16.5. The van der Waals surface area contributed by atoms with E-state index in [0.29, 0.717) is 5.56 Å². The third-order valence-electron chi connectivity index (χ3n) is 2.82. The molecule has 0 unspecified atom stereocenters. The van der Waals surface area contributed by atoms with Crippen LogP contribution < -0.4 is 0 Å². The first kappa shape index (κ1) is 10.6. The van der Waals surface area contributed by atoms with Crippen molar-refractivity contribution < 1.29 is 14.3 Å². The number of rotatable bonds is 3. The van der Waals surface area contributed by atoms with Crippen molar-refractivity contribution in [2.24, 2.45) is 4.99 Å². The van der Waals surface area contributed by atoms with Crippen LogP contribution >= 0.6 is 0 Å². The van der Waals surface area contributed by atoms with Crippen LogP contribution in [0.2, 0.25) is 0 Å². The molecule has 1 aromatic carbocycles. The molecular formula is C12H11NO3. The largest absolute Gasteiger partial charge is 0.465 e. The van der Waals surface area contributed by atoms with E-state index < -0.39 is 11.5 Å². The highest BCUT2D eigenvalue weighted by molar-refractivity contribution is 5.91. The summed E-state index contributed by atoms with van der Waals surface area (Å²) in [6.45, 7) is 0. The number of aliphatic imine (C=N–C) groups is 1. The first-order valence-corrected chi connectivity index (χ1v) is 5.00. The highest BCUT2D eigenvalue weighted by Crippen LogP contribution is 2.50. The van der Waals surface area contributed by atoms with E-state index in [4.69, 9.17) is 4.74 Å². The lowest BCUT2D eigenvalue weighted by Gasteiger charge is -2.12. The second-order valence-electron chi connectivity index (χ2n) is 3.77. The molecule has 0 amide bonds. The summed E-state index contributed by atoms with van der Waals surface area (Å²) in [6.07, 6.45) is 3.12. The van der Waals surface area contributed by atoms with Crippen LogP contribution in [0.1, 0.15) is 28.8 Å². The van der Waals surface area contributed by atoms with Crippen molar-refractivity contribution in [1.82, 2.24) is 0 Å². The van der Waals surface area contributed by atoms with Gasteiger partial charge >= 0.3 is 5.97 Å². The van der Waals surface area contributed by atoms with Gasteiger partial charge in [0.15, 0.2) is 0 Å². The SMILES string of the molecule is COC(=O)c1ccccc1C1(N=C=O)CC1. The van der Waals surface area contributed by atoms with Crippen LogP contribution in [0.4, 0.5) is 0 Å². The van der Waals surface area contributed by atoms with E-state index in [1.807, 2.05) is 6.07 Å². The van der Waals surface area contributed by atoms with Gasteiger partial charge in [-0.2, -0.15) is 4.99 Å². The molecule has 0 atom stereocenters. The number of isocyanates is 1. The monoisotopic (exact) mass is 217 g/mol. The fourth-order valence-electron chi connectivity index (χ4n) is 1.82. The standard InChI is InChI=1S/C12H11NO3/c1-16-11(15)9-4-2-3-5-10(9)12(6-7-12)13-8-14/h2-5H,6-7H2,1H3. The molecule has 1 aliphatic rings. The van der Waals surface area contributed by atoms with Gasteiger partial charge in [-0.15, -0.1) is 0 Å². The quantitative estimate of drug-likeness (QED) is 0.440. The van der Waals surface area contributed by atoms with Gasteiger partial charge in [0.05, 0.1) is 18.2 Å². The summed E-state index contributed by atoms with van der Waals surface area (Å²) < 4.78 is 4.70. The summed E-state index contributed by atoms with van der Waals surface area (Å²) in [6, 6.07) is 7.07. The zero-order valence-corrected chi connectivity index (χ0v) is 8.90. The van der Waals surface area contributed by atoms with Crippen molar-refractivity contribution in [2.75, 3.05) is 7.11 Å². The third kappa shape index (κ3) is 1.64. The number of benzene rings is 1. The summed E-state index contributed by atoms with van der Waals surface area (Å²) in [4.78, 5) is 25.7. The van der Waals surface area contributed by atoms with Crippen molar-refractivity contribution in [3.8, 4) is 0 Å². The molecule has 1 aliphatic carbocycles. The van der Waals surface area contributed by atoms with E-state index >= 15 is 0 Å². The molecular weight excluding hydrogens is 206 g/mol. The molecule has 0 bridgehead atoms. The Balaban J connectivity index is 2.49. The molecule has 0 aliphatic heterocycles. The second kappa shape index (κ2) is 3.91. The molecule has 4 heteroatoms. The van der Waals surface area contributed by atoms with Crippen LogP contribution in [0.15, 0.2) is 29.3 Å². The Kier molecular flexibility index (Phi) is 2.59. The highest BCUT2D eigenvalue weighted by Gasteiger charge is 2.46. The molecule has 1 saturated carbocycles. The summed E-state index contributed by atoms with van der Waals surface area (Å²) >= 11 is 0. The zero-order valence-electron chi connectivity index (χ0n) is 8.90. The van der Waals surface area contributed by atoms with E-state index in [2.05, 4.69) is 4.99 Å². The smallest absolute Gasteiger partial charge is 0.338 e. The molecule has 0 spiro atoms. The molecule has 1 aromatic rings. The number of carbonyl (C=O) groups excluding carboxylic acids is 2. The maximum Gasteiger partial charge on any atom is 0.338 e. The lowest BCUT2D eigenvalue weighted by atomic mass is 9.99. The number of esters is 1. The number of hydrogen-bond donors (Lipinski definition) is 0. The van der Waals surface area contributed by atoms with E-state index in [0.717, 1.165) is 18.4 Å². The van der Waals surface area contributed by atoms with E-state index in [-0.39, 0.29) is 0 Å². The third-order valence-corrected chi connectivity index (χ3v) is 2.82. The predicted octanol–water partition coefficient (Wildman–Crippen LogP) is 1.80. The van der Waals surface area contributed by atoms with Gasteiger partial charge in [-0.1, -0.05) is 18.2 Å². The van der Waals surface area contributed by atoms with Crippen LogP contribution in [-0.2, 0) is 15.1 Å². The molecule has 0 radical (unpaired) electrons. The number of methoxy groups -OCH3 is 1. The summed E-state index contributed by atoms with van der Waals surface area (Å²) in [5.74, 6) is -0.400. The van der Waals surface area contributed by atoms with Crippen molar-refractivity contribution in [3.63, 3.8) is 0 Å².